The van der Waals surface area contributed by atoms with Gasteiger partial charge < -0.3 is 10.4 Å². The number of aliphatic hydroxyl groups excluding tert-OH is 1. The molecule has 4 heteroatoms. The molecule has 0 fully saturated rings. The zero-order valence-electron chi connectivity index (χ0n) is 13.6. The van der Waals surface area contributed by atoms with Crippen molar-refractivity contribution < 1.29 is 9.90 Å². The molecular formula is C17H28N2O2. The van der Waals surface area contributed by atoms with Crippen LogP contribution in [0.3, 0.4) is 0 Å². The second-order valence-corrected chi connectivity index (χ2v) is 5.76. The average Bonchev–Trinajstić information content (AvgIpc) is 2.45. The third-order valence-electron chi connectivity index (χ3n) is 3.61. The normalized spacial score (nSPS) is 14.0. The summed E-state index contributed by atoms with van der Waals surface area (Å²) in [5.41, 5.74) is 2.42. The summed E-state index contributed by atoms with van der Waals surface area (Å²) in [6, 6.07) is 8.36. The van der Waals surface area contributed by atoms with Crippen molar-refractivity contribution in [1.29, 1.82) is 0 Å². The molecule has 1 aromatic carbocycles. The van der Waals surface area contributed by atoms with Crippen molar-refractivity contribution >= 4 is 5.91 Å². The van der Waals surface area contributed by atoms with Crippen LogP contribution in [0.1, 0.15) is 44.4 Å². The van der Waals surface area contributed by atoms with E-state index in [9.17, 15) is 9.90 Å². The highest BCUT2D eigenvalue weighted by atomic mass is 16.3. The first-order valence-electron chi connectivity index (χ1n) is 7.67. The standard InChI is InChI=1S/C17H28N2O2/c1-5-15-6-8-16(9-7-15)14(3)18-17(21)12-19(4)11-10-13(2)20/h6-9,13-14,20H,5,10-12H2,1-4H3,(H,18,21). The van der Waals surface area contributed by atoms with E-state index in [-0.39, 0.29) is 18.1 Å². The van der Waals surface area contributed by atoms with Gasteiger partial charge in [-0.3, -0.25) is 9.69 Å². The molecule has 118 valence electrons. The van der Waals surface area contributed by atoms with E-state index in [4.69, 9.17) is 0 Å². The molecule has 4 nitrogen and oxygen atoms in total. The molecule has 0 heterocycles. The highest BCUT2D eigenvalue weighted by Crippen LogP contribution is 2.13. The van der Waals surface area contributed by atoms with Crippen molar-refractivity contribution in [3.63, 3.8) is 0 Å². The quantitative estimate of drug-likeness (QED) is 0.772. The van der Waals surface area contributed by atoms with Gasteiger partial charge >= 0.3 is 0 Å². The summed E-state index contributed by atoms with van der Waals surface area (Å²) < 4.78 is 0. The summed E-state index contributed by atoms with van der Waals surface area (Å²) in [7, 11) is 1.89. The molecule has 21 heavy (non-hydrogen) atoms. The van der Waals surface area contributed by atoms with E-state index in [0.29, 0.717) is 19.5 Å². The molecule has 2 N–H and O–H groups in total. The number of carbonyl (C=O) groups excluding carboxylic acids is 1. The molecule has 1 rings (SSSR count). The number of nitrogens with one attached hydrogen (secondary N) is 1. The minimum absolute atomic E-state index is 0.00794. The number of aryl methyl sites for hydroxylation is 1. The topological polar surface area (TPSA) is 52.6 Å². The molecule has 2 unspecified atom stereocenters. The predicted molar refractivity (Wildman–Crippen MR) is 86.2 cm³/mol. The van der Waals surface area contributed by atoms with Crippen LogP contribution in [0.25, 0.3) is 0 Å². The Morgan fingerprint density at radius 3 is 2.43 bits per heavy atom. The lowest BCUT2D eigenvalue weighted by Crippen LogP contribution is -2.37. The Labute approximate surface area is 128 Å². The number of nitrogens with zero attached hydrogens (tertiary/aromatic N) is 1. The maximum atomic E-state index is 12.0. The number of hydrogen-bond acceptors (Lipinski definition) is 3. The summed E-state index contributed by atoms with van der Waals surface area (Å²) >= 11 is 0. The molecule has 0 saturated heterocycles. The van der Waals surface area contributed by atoms with Gasteiger partial charge in [0.05, 0.1) is 18.7 Å². The first-order chi connectivity index (χ1) is 9.92. The van der Waals surface area contributed by atoms with Crippen molar-refractivity contribution in [2.75, 3.05) is 20.1 Å². The van der Waals surface area contributed by atoms with Crippen molar-refractivity contribution in [3.8, 4) is 0 Å². The molecule has 0 aromatic heterocycles. The summed E-state index contributed by atoms with van der Waals surface area (Å²) in [5, 5.41) is 12.3. The number of hydrogen-bond donors (Lipinski definition) is 2. The largest absolute Gasteiger partial charge is 0.393 e. The second-order valence-electron chi connectivity index (χ2n) is 5.76. The molecule has 1 aromatic rings. The Balaban J connectivity index is 2.42. The SMILES string of the molecule is CCc1ccc(C(C)NC(=O)CN(C)CCC(C)O)cc1. The molecule has 0 saturated carbocycles. The van der Waals surface area contributed by atoms with Crippen LogP contribution < -0.4 is 5.32 Å². The van der Waals surface area contributed by atoms with Crippen LogP contribution in [0.5, 0.6) is 0 Å². The lowest BCUT2D eigenvalue weighted by molar-refractivity contribution is -0.122. The van der Waals surface area contributed by atoms with E-state index in [1.54, 1.807) is 6.92 Å². The van der Waals surface area contributed by atoms with E-state index >= 15 is 0 Å². The Bertz CT molecular complexity index is 429. The second kappa shape index (κ2) is 8.80. The van der Waals surface area contributed by atoms with Crippen molar-refractivity contribution in [3.05, 3.63) is 35.4 Å². The molecule has 0 bridgehead atoms. The van der Waals surface area contributed by atoms with Crippen molar-refractivity contribution in [2.24, 2.45) is 0 Å². The molecular weight excluding hydrogens is 264 g/mol. The zero-order chi connectivity index (χ0) is 15.8. The molecule has 0 aliphatic heterocycles. The van der Waals surface area contributed by atoms with Gasteiger partial charge in [-0.25, -0.2) is 0 Å². The highest BCUT2D eigenvalue weighted by molar-refractivity contribution is 5.78. The Kier molecular flexibility index (Phi) is 7.40. The third-order valence-corrected chi connectivity index (χ3v) is 3.61. The maximum absolute atomic E-state index is 12.0. The molecule has 2 atom stereocenters. The van der Waals surface area contributed by atoms with Gasteiger partial charge in [-0.05, 0) is 44.9 Å². The zero-order valence-corrected chi connectivity index (χ0v) is 13.6. The molecule has 0 aliphatic carbocycles. The van der Waals surface area contributed by atoms with E-state index in [1.807, 2.05) is 18.9 Å². The van der Waals surface area contributed by atoms with Gasteiger partial charge in [-0.1, -0.05) is 31.2 Å². The monoisotopic (exact) mass is 292 g/mol. The fourth-order valence-electron chi connectivity index (χ4n) is 2.14. The average molecular weight is 292 g/mol. The lowest BCUT2D eigenvalue weighted by Gasteiger charge is -2.20. The third kappa shape index (κ3) is 6.74. The van der Waals surface area contributed by atoms with E-state index in [0.717, 1.165) is 12.0 Å². The molecule has 1 amide bonds. The number of amides is 1. The van der Waals surface area contributed by atoms with Gasteiger partial charge in [0, 0.05) is 6.54 Å². The van der Waals surface area contributed by atoms with E-state index < -0.39 is 0 Å². The van der Waals surface area contributed by atoms with Gasteiger partial charge in [0.1, 0.15) is 0 Å². The van der Waals surface area contributed by atoms with Crippen molar-refractivity contribution in [2.45, 2.75) is 45.8 Å². The Morgan fingerprint density at radius 2 is 1.90 bits per heavy atom. The molecule has 0 aliphatic rings. The fourth-order valence-corrected chi connectivity index (χ4v) is 2.14. The maximum Gasteiger partial charge on any atom is 0.234 e. The summed E-state index contributed by atoms with van der Waals surface area (Å²) in [6.45, 7) is 6.95. The number of carbonyl (C=O) groups is 1. The van der Waals surface area contributed by atoms with E-state index in [1.165, 1.54) is 5.56 Å². The van der Waals surface area contributed by atoms with Crippen molar-refractivity contribution in [1.82, 2.24) is 10.2 Å². The van der Waals surface area contributed by atoms with Gasteiger partial charge in [0.2, 0.25) is 5.91 Å². The van der Waals surface area contributed by atoms with Crippen LogP contribution in [0.2, 0.25) is 0 Å². The Morgan fingerprint density at radius 1 is 1.29 bits per heavy atom. The molecule has 0 radical (unpaired) electrons. The van der Waals surface area contributed by atoms with Gasteiger partial charge in [0.25, 0.3) is 0 Å². The summed E-state index contributed by atoms with van der Waals surface area (Å²) in [4.78, 5) is 13.9. The highest BCUT2D eigenvalue weighted by Gasteiger charge is 2.12. The van der Waals surface area contributed by atoms with E-state index in [2.05, 4.69) is 36.5 Å². The lowest BCUT2D eigenvalue weighted by atomic mass is 10.1. The number of likely N-dealkylation sites (N-methyl/N-ethyl adjacent to an activating group) is 1. The van der Waals surface area contributed by atoms with Crippen LogP contribution in [0, 0.1) is 0 Å². The Hall–Kier alpha value is -1.39. The van der Waals surface area contributed by atoms with Crippen LogP contribution in [-0.2, 0) is 11.2 Å². The number of aliphatic hydroxyl groups is 1. The number of benzene rings is 1. The van der Waals surface area contributed by atoms with Gasteiger partial charge in [-0.2, -0.15) is 0 Å². The number of rotatable bonds is 8. The summed E-state index contributed by atoms with van der Waals surface area (Å²) in [6.07, 6.45) is 1.37. The first kappa shape index (κ1) is 17.7. The molecule has 0 spiro atoms. The predicted octanol–water partition coefficient (Wildman–Crippen LogP) is 2.13. The van der Waals surface area contributed by atoms with Gasteiger partial charge in [0.15, 0.2) is 0 Å². The van der Waals surface area contributed by atoms with Crippen LogP contribution >= 0.6 is 0 Å². The van der Waals surface area contributed by atoms with Gasteiger partial charge in [-0.15, -0.1) is 0 Å². The fraction of sp³-hybridized carbons (Fsp3) is 0.588. The summed E-state index contributed by atoms with van der Waals surface area (Å²) in [5.74, 6) is 0.00941. The van der Waals surface area contributed by atoms with Crippen LogP contribution in [0.4, 0.5) is 0 Å². The van der Waals surface area contributed by atoms with Crippen LogP contribution in [-0.4, -0.2) is 42.2 Å². The minimum Gasteiger partial charge on any atom is -0.393 e. The first-order valence-corrected chi connectivity index (χ1v) is 7.67. The minimum atomic E-state index is -0.327. The smallest absolute Gasteiger partial charge is 0.234 e. The van der Waals surface area contributed by atoms with Crippen LogP contribution in [0.15, 0.2) is 24.3 Å².